The second-order valence-corrected chi connectivity index (χ2v) is 3.48. The number of hydrogen-bond acceptors (Lipinski definition) is 4. The first kappa shape index (κ1) is 12.3. The Bertz CT molecular complexity index is 353. The highest BCUT2D eigenvalue weighted by Gasteiger charge is 2.11. The first-order valence-corrected chi connectivity index (χ1v) is 5.20. The largest absolute Gasteiger partial charge is 0.497 e. The van der Waals surface area contributed by atoms with Gasteiger partial charge < -0.3 is 9.64 Å². The summed E-state index contributed by atoms with van der Waals surface area (Å²) in [6.45, 7) is 2.38. The summed E-state index contributed by atoms with van der Waals surface area (Å²) in [5.41, 5.74) is 1.29. The molecule has 1 aromatic carbocycles. The Hall–Kier alpha value is -1.80. The second kappa shape index (κ2) is 6.64. The zero-order chi connectivity index (χ0) is 11.8. The van der Waals surface area contributed by atoms with E-state index in [9.17, 15) is 0 Å². The summed E-state index contributed by atoms with van der Waals surface area (Å²) in [7, 11) is 1.71. The molecule has 1 aliphatic heterocycles. The summed E-state index contributed by atoms with van der Waals surface area (Å²) < 4.78 is 5.19. The van der Waals surface area contributed by atoms with Crippen LogP contribution in [0.1, 0.15) is 12.8 Å². The van der Waals surface area contributed by atoms with Crippen LogP contribution in [0.2, 0.25) is 0 Å². The van der Waals surface area contributed by atoms with Crippen molar-refractivity contribution >= 4 is 11.8 Å². The van der Waals surface area contributed by atoms with Crippen LogP contribution >= 0.6 is 0 Å². The lowest BCUT2D eigenvalue weighted by molar-refractivity contribution is -0.191. The molecule has 16 heavy (non-hydrogen) atoms. The third-order valence-corrected chi connectivity index (χ3v) is 2.52. The highest BCUT2D eigenvalue weighted by atomic mass is 16.5. The molecular formula is C12H15NO3. The fourth-order valence-electron chi connectivity index (χ4n) is 1.78. The molecule has 1 heterocycles. The average molecular weight is 221 g/mol. The molecule has 86 valence electrons. The Balaban J connectivity index is 0.000000386. The Morgan fingerprint density at radius 3 is 2.44 bits per heavy atom. The topological polar surface area (TPSA) is 46.6 Å². The van der Waals surface area contributed by atoms with Crippen LogP contribution in [0.25, 0.3) is 0 Å². The standard InChI is InChI=1S/C11H15NO.CO2/c1-13-11-6-4-5-10(9-11)12-7-2-3-8-12;2-1-3/h4-6,9H,2-3,7-8H2,1H3;. The molecule has 0 atom stereocenters. The van der Waals surface area contributed by atoms with E-state index in [-0.39, 0.29) is 6.15 Å². The van der Waals surface area contributed by atoms with Gasteiger partial charge in [-0.2, -0.15) is 9.59 Å². The Labute approximate surface area is 94.8 Å². The van der Waals surface area contributed by atoms with Crippen molar-refractivity contribution in [3.8, 4) is 5.75 Å². The average Bonchev–Trinajstić information content (AvgIpc) is 2.84. The van der Waals surface area contributed by atoms with E-state index >= 15 is 0 Å². The molecule has 0 aliphatic carbocycles. The summed E-state index contributed by atoms with van der Waals surface area (Å²) in [4.78, 5) is 18.7. The van der Waals surface area contributed by atoms with Crippen molar-refractivity contribution in [2.45, 2.75) is 12.8 Å². The molecule has 0 amide bonds. The maximum atomic E-state index is 8.12. The van der Waals surface area contributed by atoms with Crippen molar-refractivity contribution < 1.29 is 14.3 Å². The number of hydrogen-bond donors (Lipinski definition) is 0. The molecule has 0 N–H and O–H groups in total. The molecular weight excluding hydrogens is 206 g/mol. The molecule has 1 aromatic rings. The Morgan fingerprint density at radius 1 is 1.25 bits per heavy atom. The summed E-state index contributed by atoms with van der Waals surface area (Å²) in [5.74, 6) is 0.949. The van der Waals surface area contributed by atoms with Gasteiger partial charge in [0.1, 0.15) is 5.75 Å². The number of rotatable bonds is 2. The molecule has 1 aliphatic rings. The van der Waals surface area contributed by atoms with Gasteiger partial charge in [0.2, 0.25) is 0 Å². The van der Waals surface area contributed by atoms with Gasteiger partial charge in [-0.15, -0.1) is 0 Å². The van der Waals surface area contributed by atoms with Gasteiger partial charge in [0.05, 0.1) is 7.11 Å². The summed E-state index contributed by atoms with van der Waals surface area (Å²) in [6, 6.07) is 8.28. The normalized spacial score (nSPS) is 13.7. The van der Waals surface area contributed by atoms with Crippen LogP contribution in [0, 0.1) is 0 Å². The summed E-state index contributed by atoms with van der Waals surface area (Å²) in [6.07, 6.45) is 2.88. The second-order valence-electron chi connectivity index (χ2n) is 3.48. The molecule has 1 fully saturated rings. The van der Waals surface area contributed by atoms with Gasteiger partial charge in [0.25, 0.3) is 0 Å². The minimum atomic E-state index is 0.250. The molecule has 0 radical (unpaired) electrons. The van der Waals surface area contributed by atoms with Crippen LogP contribution in [-0.4, -0.2) is 26.4 Å². The molecule has 1 saturated heterocycles. The number of anilines is 1. The van der Waals surface area contributed by atoms with E-state index < -0.39 is 0 Å². The highest BCUT2D eigenvalue weighted by Crippen LogP contribution is 2.23. The molecule has 0 saturated carbocycles. The van der Waals surface area contributed by atoms with E-state index in [1.54, 1.807) is 7.11 Å². The van der Waals surface area contributed by atoms with Gasteiger partial charge in [-0.05, 0) is 25.0 Å². The molecule has 0 unspecified atom stereocenters. The first-order chi connectivity index (χ1) is 7.81. The molecule has 4 nitrogen and oxygen atoms in total. The van der Waals surface area contributed by atoms with Crippen molar-refractivity contribution in [1.29, 1.82) is 0 Å². The third-order valence-electron chi connectivity index (χ3n) is 2.52. The van der Waals surface area contributed by atoms with Gasteiger partial charge in [-0.3, -0.25) is 0 Å². The van der Waals surface area contributed by atoms with E-state index in [1.165, 1.54) is 31.6 Å². The van der Waals surface area contributed by atoms with Gasteiger partial charge in [-0.25, -0.2) is 0 Å². The molecule has 2 rings (SSSR count). The Morgan fingerprint density at radius 2 is 1.88 bits per heavy atom. The number of nitrogens with zero attached hydrogens (tertiary/aromatic N) is 1. The van der Waals surface area contributed by atoms with E-state index in [1.807, 2.05) is 12.1 Å². The number of carbonyl (C=O) groups excluding carboxylic acids is 2. The molecule has 4 heteroatoms. The van der Waals surface area contributed by atoms with Crippen LogP contribution in [0.5, 0.6) is 5.75 Å². The number of benzene rings is 1. The van der Waals surface area contributed by atoms with Crippen LogP contribution < -0.4 is 9.64 Å². The third kappa shape index (κ3) is 3.41. The quantitative estimate of drug-likeness (QED) is 0.762. The van der Waals surface area contributed by atoms with Crippen LogP contribution in [0.4, 0.5) is 5.69 Å². The molecule has 0 spiro atoms. The minimum absolute atomic E-state index is 0.250. The summed E-state index contributed by atoms with van der Waals surface area (Å²) in [5, 5.41) is 0. The SMILES string of the molecule is COc1cccc(N2CCCC2)c1.O=C=O. The lowest BCUT2D eigenvalue weighted by Crippen LogP contribution is -2.17. The van der Waals surface area contributed by atoms with Gasteiger partial charge in [0.15, 0.2) is 0 Å². The lowest BCUT2D eigenvalue weighted by atomic mass is 10.3. The number of methoxy groups -OCH3 is 1. The van der Waals surface area contributed by atoms with Crippen LogP contribution in [0.15, 0.2) is 24.3 Å². The van der Waals surface area contributed by atoms with Crippen molar-refractivity contribution in [3.05, 3.63) is 24.3 Å². The predicted octanol–water partition coefficient (Wildman–Crippen LogP) is 1.71. The van der Waals surface area contributed by atoms with Crippen LogP contribution in [0.3, 0.4) is 0 Å². The fraction of sp³-hybridized carbons (Fsp3) is 0.417. The smallest absolute Gasteiger partial charge is 0.373 e. The van der Waals surface area contributed by atoms with E-state index in [2.05, 4.69) is 17.0 Å². The fourth-order valence-corrected chi connectivity index (χ4v) is 1.78. The van der Waals surface area contributed by atoms with E-state index in [0.29, 0.717) is 0 Å². The zero-order valence-electron chi connectivity index (χ0n) is 9.31. The van der Waals surface area contributed by atoms with E-state index in [0.717, 1.165) is 5.75 Å². The minimum Gasteiger partial charge on any atom is -0.497 e. The van der Waals surface area contributed by atoms with Crippen molar-refractivity contribution in [2.24, 2.45) is 0 Å². The molecule has 0 aromatic heterocycles. The first-order valence-electron chi connectivity index (χ1n) is 5.20. The predicted molar refractivity (Wildman–Crippen MR) is 59.4 cm³/mol. The number of ether oxygens (including phenoxy) is 1. The Kier molecular flexibility index (Phi) is 5.09. The maximum absolute atomic E-state index is 8.12. The van der Waals surface area contributed by atoms with E-state index in [4.69, 9.17) is 14.3 Å². The van der Waals surface area contributed by atoms with Crippen LogP contribution in [-0.2, 0) is 9.59 Å². The van der Waals surface area contributed by atoms with Crippen molar-refractivity contribution in [3.63, 3.8) is 0 Å². The van der Waals surface area contributed by atoms with Crippen molar-refractivity contribution in [1.82, 2.24) is 0 Å². The van der Waals surface area contributed by atoms with Gasteiger partial charge >= 0.3 is 6.15 Å². The van der Waals surface area contributed by atoms with Gasteiger partial charge in [0, 0.05) is 24.8 Å². The lowest BCUT2D eigenvalue weighted by Gasteiger charge is -2.17. The zero-order valence-corrected chi connectivity index (χ0v) is 9.31. The maximum Gasteiger partial charge on any atom is 0.373 e. The highest BCUT2D eigenvalue weighted by molar-refractivity contribution is 5.51. The molecule has 0 bridgehead atoms. The monoisotopic (exact) mass is 221 g/mol. The summed E-state index contributed by atoms with van der Waals surface area (Å²) >= 11 is 0. The van der Waals surface area contributed by atoms with Gasteiger partial charge in [-0.1, -0.05) is 6.07 Å². The van der Waals surface area contributed by atoms with Crippen molar-refractivity contribution in [2.75, 3.05) is 25.1 Å².